The van der Waals surface area contributed by atoms with Gasteiger partial charge in [-0.2, -0.15) is 0 Å². The van der Waals surface area contributed by atoms with E-state index in [0.29, 0.717) is 12.8 Å². The van der Waals surface area contributed by atoms with Crippen molar-refractivity contribution in [3.63, 3.8) is 0 Å². The number of aromatic amines is 2. The first-order valence-electron chi connectivity index (χ1n) is 9.66. The number of nitrogens with one attached hydrogen (secondary N) is 4. The molecule has 2 atom stereocenters. The van der Waals surface area contributed by atoms with Gasteiger partial charge in [0.25, 0.3) is 0 Å². The Kier molecular flexibility index (Phi) is 4.13. The summed E-state index contributed by atoms with van der Waals surface area (Å²) in [5.74, 6) is -0.218. The standard InChI is InChI=1S/C22H20N4O4/c27-13-1-3-17-15(7-13)11(9-23-17)5-19-21(29)26-20(22(30)25-19)6-12-10-24-18-4-2-14(28)8-16(12)18/h1-4,7-10,19-20,23-24,27-28H,5-6H2,(H,25,30)(H,26,29)/t19-,20-/m0/s1. The van der Waals surface area contributed by atoms with Gasteiger partial charge in [-0.3, -0.25) is 9.59 Å². The Hall–Kier alpha value is -3.94. The van der Waals surface area contributed by atoms with Crippen LogP contribution in [0.2, 0.25) is 0 Å². The van der Waals surface area contributed by atoms with Gasteiger partial charge in [-0.25, -0.2) is 0 Å². The number of phenols is 2. The van der Waals surface area contributed by atoms with Gasteiger partial charge in [-0.15, -0.1) is 0 Å². The summed E-state index contributed by atoms with van der Waals surface area (Å²) in [7, 11) is 0. The Balaban J connectivity index is 1.33. The fraction of sp³-hybridized carbons (Fsp3) is 0.182. The number of aromatic hydroxyl groups is 2. The van der Waals surface area contributed by atoms with E-state index in [-0.39, 0.29) is 23.3 Å². The van der Waals surface area contributed by atoms with E-state index < -0.39 is 12.1 Å². The molecule has 4 aromatic rings. The van der Waals surface area contributed by atoms with Gasteiger partial charge in [0.15, 0.2) is 0 Å². The topological polar surface area (TPSA) is 130 Å². The van der Waals surface area contributed by atoms with Crippen LogP contribution >= 0.6 is 0 Å². The van der Waals surface area contributed by atoms with Crippen molar-refractivity contribution >= 4 is 33.6 Å². The quantitative estimate of drug-likeness (QED) is 0.310. The van der Waals surface area contributed by atoms with Gasteiger partial charge in [0.1, 0.15) is 23.6 Å². The number of amides is 2. The van der Waals surface area contributed by atoms with Gasteiger partial charge in [-0.05, 0) is 47.5 Å². The third-order valence-electron chi connectivity index (χ3n) is 5.62. The average molecular weight is 404 g/mol. The molecule has 0 unspecified atom stereocenters. The summed E-state index contributed by atoms with van der Waals surface area (Å²) in [5.41, 5.74) is 3.38. The Morgan fingerprint density at radius 1 is 0.700 bits per heavy atom. The largest absolute Gasteiger partial charge is 0.508 e. The Morgan fingerprint density at radius 3 is 1.57 bits per heavy atom. The SMILES string of the molecule is O=C1N[C@@H](Cc2c[nH]c3ccc(O)cc23)C(=O)N[C@H]1Cc1c[nH]c2ccc(O)cc12. The molecule has 3 heterocycles. The average Bonchev–Trinajstić information content (AvgIpc) is 3.29. The molecule has 1 fully saturated rings. The summed E-state index contributed by atoms with van der Waals surface area (Å²) in [4.78, 5) is 31.6. The molecule has 152 valence electrons. The maximum absolute atomic E-state index is 12.7. The lowest BCUT2D eigenvalue weighted by molar-refractivity contribution is -0.136. The van der Waals surface area contributed by atoms with Crippen LogP contribution in [0.15, 0.2) is 48.8 Å². The molecule has 0 spiro atoms. The molecule has 0 aliphatic carbocycles. The number of fused-ring (bicyclic) bond motifs is 2. The van der Waals surface area contributed by atoms with Crippen LogP contribution in [0.5, 0.6) is 11.5 Å². The van der Waals surface area contributed by atoms with Gasteiger partial charge in [0, 0.05) is 47.0 Å². The van der Waals surface area contributed by atoms with Crippen molar-refractivity contribution in [3.8, 4) is 11.5 Å². The lowest BCUT2D eigenvalue weighted by Gasteiger charge is -2.29. The second-order valence-electron chi connectivity index (χ2n) is 7.62. The Morgan fingerprint density at radius 2 is 1.13 bits per heavy atom. The lowest BCUT2D eigenvalue weighted by Crippen LogP contribution is -2.62. The first kappa shape index (κ1) is 18.1. The van der Waals surface area contributed by atoms with Gasteiger partial charge in [0.2, 0.25) is 11.8 Å². The van der Waals surface area contributed by atoms with Crippen LogP contribution in [-0.2, 0) is 22.4 Å². The van der Waals surface area contributed by atoms with E-state index >= 15 is 0 Å². The number of aromatic nitrogens is 2. The molecule has 2 aromatic heterocycles. The molecule has 0 bridgehead atoms. The van der Waals surface area contributed by atoms with Crippen molar-refractivity contribution in [2.45, 2.75) is 24.9 Å². The number of carbonyl (C=O) groups is 2. The molecule has 2 amide bonds. The molecule has 0 radical (unpaired) electrons. The summed E-state index contributed by atoms with van der Waals surface area (Å²) in [5, 5.41) is 26.8. The molecule has 8 heteroatoms. The molecule has 1 saturated heterocycles. The minimum Gasteiger partial charge on any atom is -0.508 e. The predicted octanol–water partition coefficient (Wildman–Crippen LogP) is 1.83. The Bertz CT molecular complexity index is 1190. The van der Waals surface area contributed by atoms with Crippen molar-refractivity contribution in [2.24, 2.45) is 0 Å². The zero-order valence-electron chi connectivity index (χ0n) is 15.9. The Labute approximate surface area is 170 Å². The van der Waals surface area contributed by atoms with Crippen molar-refractivity contribution in [1.82, 2.24) is 20.6 Å². The van der Waals surface area contributed by atoms with Gasteiger partial charge in [0.05, 0.1) is 0 Å². The van der Waals surface area contributed by atoms with E-state index in [9.17, 15) is 19.8 Å². The zero-order valence-corrected chi connectivity index (χ0v) is 15.9. The fourth-order valence-corrected chi connectivity index (χ4v) is 4.07. The number of carbonyl (C=O) groups excluding carboxylic acids is 2. The number of phenolic OH excluding ortho intramolecular Hbond substituents is 2. The summed E-state index contributed by atoms with van der Waals surface area (Å²) >= 11 is 0. The third-order valence-corrected chi connectivity index (χ3v) is 5.62. The van der Waals surface area contributed by atoms with E-state index in [2.05, 4.69) is 20.6 Å². The zero-order chi connectivity index (χ0) is 20.8. The molecule has 2 aromatic carbocycles. The fourth-order valence-electron chi connectivity index (χ4n) is 4.07. The second-order valence-corrected chi connectivity index (χ2v) is 7.62. The number of rotatable bonds is 4. The minimum atomic E-state index is -0.692. The van der Waals surface area contributed by atoms with Crippen LogP contribution in [0.1, 0.15) is 11.1 Å². The maximum atomic E-state index is 12.7. The second kappa shape index (κ2) is 6.84. The lowest BCUT2D eigenvalue weighted by atomic mass is 9.98. The van der Waals surface area contributed by atoms with Crippen LogP contribution in [0.4, 0.5) is 0 Å². The van der Waals surface area contributed by atoms with Crippen molar-refractivity contribution in [1.29, 1.82) is 0 Å². The summed E-state index contributed by atoms with van der Waals surface area (Å²) in [6.45, 7) is 0. The van der Waals surface area contributed by atoms with Crippen LogP contribution in [0, 0.1) is 0 Å². The molecule has 0 saturated carbocycles. The van der Waals surface area contributed by atoms with E-state index in [4.69, 9.17) is 0 Å². The number of benzene rings is 2. The van der Waals surface area contributed by atoms with Crippen molar-refractivity contribution in [2.75, 3.05) is 0 Å². The van der Waals surface area contributed by atoms with Crippen LogP contribution in [0.25, 0.3) is 21.8 Å². The molecule has 6 N–H and O–H groups in total. The molecule has 5 rings (SSSR count). The summed E-state index contributed by atoms with van der Waals surface area (Å²) in [6.07, 6.45) is 4.20. The number of piperazine rings is 1. The van der Waals surface area contributed by atoms with Crippen LogP contribution in [0.3, 0.4) is 0 Å². The van der Waals surface area contributed by atoms with E-state index in [1.54, 1.807) is 48.8 Å². The summed E-state index contributed by atoms with van der Waals surface area (Å²) < 4.78 is 0. The highest BCUT2D eigenvalue weighted by Gasteiger charge is 2.34. The van der Waals surface area contributed by atoms with Gasteiger partial charge < -0.3 is 30.8 Å². The maximum Gasteiger partial charge on any atom is 0.243 e. The first-order chi connectivity index (χ1) is 14.5. The van der Waals surface area contributed by atoms with E-state index in [0.717, 1.165) is 32.9 Å². The highest BCUT2D eigenvalue weighted by atomic mass is 16.3. The predicted molar refractivity (Wildman–Crippen MR) is 111 cm³/mol. The number of hydrogen-bond acceptors (Lipinski definition) is 4. The molecule has 8 nitrogen and oxygen atoms in total. The molecule has 1 aliphatic heterocycles. The molecular weight excluding hydrogens is 384 g/mol. The van der Waals surface area contributed by atoms with Gasteiger partial charge in [-0.1, -0.05) is 0 Å². The molecule has 30 heavy (non-hydrogen) atoms. The van der Waals surface area contributed by atoms with E-state index in [1.807, 2.05) is 0 Å². The van der Waals surface area contributed by atoms with Gasteiger partial charge >= 0.3 is 0 Å². The summed E-state index contributed by atoms with van der Waals surface area (Å²) in [6, 6.07) is 8.60. The van der Waals surface area contributed by atoms with Crippen molar-refractivity contribution < 1.29 is 19.8 Å². The normalized spacial score (nSPS) is 19.2. The van der Waals surface area contributed by atoms with Crippen LogP contribution in [-0.4, -0.2) is 44.1 Å². The first-order valence-corrected chi connectivity index (χ1v) is 9.66. The van der Waals surface area contributed by atoms with Crippen LogP contribution < -0.4 is 10.6 Å². The number of H-pyrrole nitrogens is 2. The monoisotopic (exact) mass is 404 g/mol. The number of hydrogen-bond donors (Lipinski definition) is 6. The molecular formula is C22H20N4O4. The highest BCUT2D eigenvalue weighted by Crippen LogP contribution is 2.26. The highest BCUT2D eigenvalue weighted by molar-refractivity contribution is 5.98. The van der Waals surface area contributed by atoms with Crippen molar-refractivity contribution in [3.05, 3.63) is 59.9 Å². The smallest absolute Gasteiger partial charge is 0.243 e. The molecule has 1 aliphatic rings. The van der Waals surface area contributed by atoms with E-state index in [1.165, 1.54) is 0 Å². The minimum absolute atomic E-state index is 0.144. The third kappa shape index (κ3) is 3.12.